The van der Waals surface area contributed by atoms with Gasteiger partial charge in [0.15, 0.2) is 5.82 Å². The van der Waals surface area contributed by atoms with E-state index in [1.165, 1.54) is 6.07 Å². The lowest BCUT2D eigenvalue weighted by molar-refractivity contribution is -0.121. The van der Waals surface area contributed by atoms with Crippen LogP contribution >= 0.6 is 0 Å². The van der Waals surface area contributed by atoms with Gasteiger partial charge in [0, 0.05) is 24.9 Å². The van der Waals surface area contributed by atoms with Crippen molar-refractivity contribution in [1.82, 2.24) is 15.5 Å². The van der Waals surface area contributed by atoms with Gasteiger partial charge >= 0.3 is 6.61 Å². The number of benzene rings is 1. The second-order valence-electron chi connectivity index (χ2n) is 4.85. The molecule has 124 valence electrons. The van der Waals surface area contributed by atoms with Crippen LogP contribution in [0.5, 0.6) is 5.75 Å². The van der Waals surface area contributed by atoms with Crippen LogP contribution in [0.25, 0.3) is 0 Å². The van der Waals surface area contributed by atoms with Crippen LogP contribution in [0.2, 0.25) is 0 Å². The van der Waals surface area contributed by atoms with Crippen molar-refractivity contribution in [3.05, 3.63) is 41.5 Å². The average Bonchev–Trinajstić information content (AvgIpc) is 2.91. The van der Waals surface area contributed by atoms with Crippen LogP contribution in [0.15, 0.2) is 28.8 Å². The lowest BCUT2D eigenvalue weighted by atomic mass is 10.2. The smallest absolute Gasteiger partial charge is 0.387 e. The lowest BCUT2D eigenvalue weighted by Gasteiger charge is -2.11. The molecule has 0 bridgehead atoms. The number of nitrogens with one attached hydrogen (secondary N) is 1. The van der Waals surface area contributed by atoms with Crippen LogP contribution in [0.4, 0.5) is 8.78 Å². The van der Waals surface area contributed by atoms with Crippen molar-refractivity contribution in [2.75, 3.05) is 0 Å². The van der Waals surface area contributed by atoms with Gasteiger partial charge < -0.3 is 14.6 Å². The maximum atomic E-state index is 12.3. The molecule has 0 spiro atoms. The molecule has 8 heteroatoms. The largest absolute Gasteiger partial charge is 0.434 e. The van der Waals surface area contributed by atoms with Gasteiger partial charge in [0.05, 0.1) is 0 Å². The third-order valence-electron chi connectivity index (χ3n) is 3.03. The summed E-state index contributed by atoms with van der Waals surface area (Å²) in [6.07, 6.45) is 1.35. The van der Waals surface area contributed by atoms with Crippen LogP contribution in [0.1, 0.15) is 30.1 Å². The summed E-state index contributed by atoms with van der Waals surface area (Å²) in [5, 5.41) is 6.34. The summed E-state index contributed by atoms with van der Waals surface area (Å²) >= 11 is 0. The first-order valence-electron chi connectivity index (χ1n) is 7.13. The summed E-state index contributed by atoms with van der Waals surface area (Å²) < 4.78 is 34.0. The highest BCUT2D eigenvalue weighted by Gasteiger charge is 2.10. The van der Waals surface area contributed by atoms with Crippen LogP contribution in [-0.2, 0) is 17.8 Å². The summed E-state index contributed by atoms with van der Waals surface area (Å²) in [7, 11) is 0. The number of carbonyl (C=O) groups is 1. The number of alkyl halides is 2. The minimum atomic E-state index is -2.90. The number of para-hydroxylation sites is 1. The quantitative estimate of drug-likeness (QED) is 0.807. The van der Waals surface area contributed by atoms with Gasteiger partial charge in [0.2, 0.25) is 11.8 Å². The molecular weight excluding hydrogens is 308 g/mol. The molecular formula is C15H17F2N3O3. The van der Waals surface area contributed by atoms with Gasteiger partial charge in [-0.1, -0.05) is 23.4 Å². The van der Waals surface area contributed by atoms with Crippen molar-refractivity contribution in [3.63, 3.8) is 0 Å². The van der Waals surface area contributed by atoms with Crippen molar-refractivity contribution < 1.29 is 22.8 Å². The Morgan fingerprint density at radius 3 is 2.87 bits per heavy atom. The highest BCUT2D eigenvalue weighted by atomic mass is 19.3. The maximum Gasteiger partial charge on any atom is 0.387 e. The molecule has 0 aliphatic rings. The first-order valence-corrected chi connectivity index (χ1v) is 7.13. The highest BCUT2D eigenvalue weighted by Crippen LogP contribution is 2.20. The summed E-state index contributed by atoms with van der Waals surface area (Å²) in [6, 6.07) is 6.35. The zero-order valence-electron chi connectivity index (χ0n) is 12.6. The van der Waals surface area contributed by atoms with Crippen LogP contribution in [-0.4, -0.2) is 22.7 Å². The van der Waals surface area contributed by atoms with E-state index in [1.807, 2.05) is 0 Å². The van der Waals surface area contributed by atoms with E-state index in [2.05, 4.69) is 20.2 Å². The number of aryl methyl sites for hydroxylation is 2. The second-order valence-corrected chi connectivity index (χ2v) is 4.85. The van der Waals surface area contributed by atoms with Crippen LogP contribution < -0.4 is 10.1 Å². The van der Waals surface area contributed by atoms with Crippen molar-refractivity contribution in [2.24, 2.45) is 0 Å². The highest BCUT2D eigenvalue weighted by molar-refractivity contribution is 5.75. The Morgan fingerprint density at radius 2 is 2.17 bits per heavy atom. The third-order valence-corrected chi connectivity index (χ3v) is 3.03. The van der Waals surface area contributed by atoms with Crippen LogP contribution in [0, 0.1) is 6.92 Å². The summed E-state index contributed by atoms with van der Waals surface area (Å²) in [5.41, 5.74) is 0.494. The molecule has 23 heavy (non-hydrogen) atoms. The Bertz CT molecular complexity index is 646. The second kappa shape index (κ2) is 8.21. The van der Waals surface area contributed by atoms with Gasteiger partial charge in [-0.2, -0.15) is 13.8 Å². The van der Waals surface area contributed by atoms with E-state index in [1.54, 1.807) is 25.1 Å². The fraction of sp³-hybridized carbons (Fsp3) is 0.400. The molecule has 2 rings (SSSR count). The number of amides is 1. The first-order chi connectivity index (χ1) is 11.0. The number of aromatic nitrogens is 2. The Balaban J connectivity index is 1.76. The minimum absolute atomic E-state index is 0.0594. The molecule has 0 aliphatic carbocycles. The molecule has 1 aromatic carbocycles. The molecule has 1 N–H and O–H groups in total. The van der Waals surface area contributed by atoms with Gasteiger partial charge in [-0.25, -0.2) is 0 Å². The van der Waals surface area contributed by atoms with E-state index in [4.69, 9.17) is 4.52 Å². The summed E-state index contributed by atoms with van der Waals surface area (Å²) in [5.74, 6) is 0.920. The van der Waals surface area contributed by atoms with Gasteiger partial charge in [0.1, 0.15) is 5.75 Å². The van der Waals surface area contributed by atoms with E-state index in [-0.39, 0.29) is 24.6 Å². The molecule has 0 unspecified atom stereocenters. The Kier molecular flexibility index (Phi) is 6.02. The van der Waals surface area contributed by atoms with E-state index in [0.29, 0.717) is 30.1 Å². The molecule has 0 saturated carbocycles. The molecule has 1 amide bonds. The zero-order valence-corrected chi connectivity index (χ0v) is 12.6. The monoisotopic (exact) mass is 325 g/mol. The third kappa shape index (κ3) is 5.65. The minimum Gasteiger partial charge on any atom is -0.434 e. The number of halogens is 2. The average molecular weight is 325 g/mol. The molecule has 0 aliphatic heterocycles. The van der Waals surface area contributed by atoms with E-state index < -0.39 is 6.61 Å². The molecule has 6 nitrogen and oxygen atoms in total. The predicted octanol–water partition coefficient (Wildman–Crippen LogP) is 2.62. The molecule has 0 saturated heterocycles. The molecule has 0 radical (unpaired) electrons. The Labute approximate surface area is 131 Å². The van der Waals surface area contributed by atoms with Crippen molar-refractivity contribution >= 4 is 5.91 Å². The molecule has 0 fully saturated rings. The first kappa shape index (κ1) is 16.9. The molecule has 1 heterocycles. The van der Waals surface area contributed by atoms with Gasteiger partial charge in [0.25, 0.3) is 0 Å². The number of ether oxygens (including phenoxy) is 1. The molecule has 1 aromatic heterocycles. The van der Waals surface area contributed by atoms with Gasteiger partial charge in [-0.15, -0.1) is 0 Å². The van der Waals surface area contributed by atoms with E-state index >= 15 is 0 Å². The van der Waals surface area contributed by atoms with Crippen molar-refractivity contribution in [2.45, 2.75) is 39.3 Å². The molecule has 0 atom stereocenters. The maximum absolute atomic E-state index is 12.3. The Morgan fingerprint density at radius 1 is 1.39 bits per heavy atom. The molecule has 2 aromatic rings. The normalized spacial score (nSPS) is 10.8. The van der Waals surface area contributed by atoms with Crippen LogP contribution in [0.3, 0.4) is 0 Å². The number of rotatable bonds is 8. The Hall–Kier alpha value is -2.51. The fourth-order valence-electron chi connectivity index (χ4n) is 1.98. The van der Waals surface area contributed by atoms with Gasteiger partial charge in [-0.05, 0) is 19.4 Å². The van der Waals surface area contributed by atoms with Crippen molar-refractivity contribution in [1.29, 1.82) is 0 Å². The lowest BCUT2D eigenvalue weighted by Crippen LogP contribution is -2.23. The summed E-state index contributed by atoms with van der Waals surface area (Å²) in [6.45, 7) is -1.05. The number of nitrogens with zero attached hydrogens (tertiary/aromatic N) is 2. The van der Waals surface area contributed by atoms with Crippen molar-refractivity contribution in [3.8, 4) is 5.75 Å². The predicted molar refractivity (Wildman–Crippen MR) is 76.9 cm³/mol. The summed E-state index contributed by atoms with van der Waals surface area (Å²) in [4.78, 5) is 15.8. The fourth-order valence-corrected chi connectivity index (χ4v) is 1.98. The zero-order chi connectivity index (χ0) is 16.7. The standard InChI is InChI=1S/C15H17F2N3O3/c1-10-19-14(23-20-10)8-4-7-13(21)18-9-11-5-2-3-6-12(11)22-15(16)17/h2-3,5-6,15H,4,7-9H2,1H3,(H,18,21). The van der Waals surface area contributed by atoms with E-state index in [9.17, 15) is 13.6 Å². The topological polar surface area (TPSA) is 77.2 Å². The number of hydrogen-bond donors (Lipinski definition) is 1. The SMILES string of the molecule is Cc1noc(CCCC(=O)NCc2ccccc2OC(F)F)n1. The van der Waals surface area contributed by atoms with Gasteiger partial charge in [-0.3, -0.25) is 4.79 Å². The number of hydrogen-bond acceptors (Lipinski definition) is 5. The van der Waals surface area contributed by atoms with E-state index in [0.717, 1.165) is 0 Å². The number of carbonyl (C=O) groups excluding carboxylic acids is 1.